The zero-order chi connectivity index (χ0) is 14.2. The maximum absolute atomic E-state index is 11.2. The summed E-state index contributed by atoms with van der Waals surface area (Å²) in [7, 11) is 0. The van der Waals surface area contributed by atoms with Gasteiger partial charge in [-0.25, -0.2) is 4.98 Å². The lowest BCUT2D eigenvalue weighted by Gasteiger charge is -2.39. The van der Waals surface area contributed by atoms with Crippen molar-refractivity contribution in [2.75, 3.05) is 37.8 Å². The Hall–Kier alpha value is -1.25. The lowest BCUT2D eigenvalue weighted by atomic mass is 10.0. The van der Waals surface area contributed by atoms with Gasteiger partial charge in [0.2, 0.25) is 5.82 Å². The molecule has 2 fully saturated rings. The van der Waals surface area contributed by atoms with Gasteiger partial charge in [0.15, 0.2) is 0 Å². The summed E-state index contributed by atoms with van der Waals surface area (Å²) in [6.07, 6.45) is 2.39. The fraction of sp³-hybridized carbons (Fsp3) is 0.583. The monoisotopic (exact) mass is 343 g/mol. The number of pyridine rings is 1. The van der Waals surface area contributed by atoms with Gasteiger partial charge in [0, 0.05) is 36.3 Å². The van der Waals surface area contributed by atoms with Crippen molar-refractivity contribution in [1.82, 2.24) is 4.98 Å². The summed E-state index contributed by atoms with van der Waals surface area (Å²) in [6, 6.07) is 1.48. The zero-order valence-corrected chi connectivity index (χ0v) is 12.3. The Kier molecular flexibility index (Phi) is 3.61. The van der Waals surface area contributed by atoms with Crippen LogP contribution in [0.1, 0.15) is 6.42 Å². The highest BCUT2D eigenvalue weighted by molar-refractivity contribution is 9.10. The van der Waals surface area contributed by atoms with Crippen LogP contribution in [0.15, 0.2) is 16.7 Å². The maximum atomic E-state index is 11.2. The van der Waals surface area contributed by atoms with E-state index in [9.17, 15) is 10.1 Å². The van der Waals surface area contributed by atoms with Gasteiger partial charge in [-0.15, -0.1) is 0 Å². The van der Waals surface area contributed by atoms with Crippen LogP contribution in [0, 0.1) is 10.1 Å². The number of ether oxygens (including phenoxy) is 2. The smallest absolute Gasteiger partial charge is 0.312 e. The molecule has 8 heteroatoms. The van der Waals surface area contributed by atoms with Crippen molar-refractivity contribution in [2.45, 2.75) is 12.0 Å². The maximum Gasteiger partial charge on any atom is 0.312 e. The Morgan fingerprint density at radius 2 is 2.35 bits per heavy atom. The molecular formula is C12H14BrN3O4. The van der Waals surface area contributed by atoms with Gasteiger partial charge in [-0.1, -0.05) is 0 Å². The first-order valence-electron chi connectivity index (χ1n) is 6.36. The predicted octanol–water partition coefficient (Wildman–Crippen LogP) is 1.75. The second kappa shape index (κ2) is 5.27. The van der Waals surface area contributed by atoms with Gasteiger partial charge in [0.1, 0.15) is 5.60 Å². The van der Waals surface area contributed by atoms with Crippen LogP contribution in [-0.2, 0) is 9.47 Å². The second-order valence-corrected chi connectivity index (χ2v) is 5.92. The summed E-state index contributed by atoms with van der Waals surface area (Å²) < 4.78 is 11.8. The zero-order valence-electron chi connectivity index (χ0n) is 10.7. The number of nitro groups is 1. The first kappa shape index (κ1) is 13.7. The molecule has 2 saturated heterocycles. The van der Waals surface area contributed by atoms with Gasteiger partial charge in [0.25, 0.3) is 0 Å². The quantitative estimate of drug-likeness (QED) is 0.601. The van der Waals surface area contributed by atoms with Crippen molar-refractivity contribution < 1.29 is 14.4 Å². The van der Waals surface area contributed by atoms with Crippen molar-refractivity contribution in [3.63, 3.8) is 0 Å². The molecule has 2 aliphatic heterocycles. The molecule has 1 unspecified atom stereocenters. The number of anilines is 1. The Labute approximate surface area is 124 Å². The van der Waals surface area contributed by atoms with Crippen molar-refractivity contribution in [2.24, 2.45) is 0 Å². The highest BCUT2D eigenvalue weighted by atomic mass is 79.9. The van der Waals surface area contributed by atoms with E-state index in [4.69, 9.17) is 9.47 Å². The Morgan fingerprint density at radius 1 is 1.50 bits per heavy atom. The molecule has 1 atom stereocenters. The summed E-state index contributed by atoms with van der Waals surface area (Å²) >= 11 is 3.22. The number of hydrogen-bond acceptors (Lipinski definition) is 6. The summed E-state index contributed by atoms with van der Waals surface area (Å²) in [5.41, 5.74) is -0.337. The average molecular weight is 344 g/mol. The number of aromatic nitrogens is 1. The van der Waals surface area contributed by atoms with Crippen molar-refractivity contribution in [3.8, 4) is 0 Å². The molecule has 1 aromatic rings. The Bertz CT molecular complexity index is 533. The minimum Gasteiger partial charge on any atom is -0.378 e. The van der Waals surface area contributed by atoms with E-state index in [1.54, 1.807) is 6.20 Å². The van der Waals surface area contributed by atoms with Crippen LogP contribution in [-0.4, -0.2) is 48.4 Å². The fourth-order valence-electron chi connectivity index (χ4n) is 2.65. The normalized spacial score (nSPS) is 26.1. The highest BCUT2D eigenvalue weighted by Crippen LogP contribution is 2.34. The molecule has 1 aromatic heterocycles. The van der Waals surface area contributed by atoms with E-state index in [2.05, 4.69) is 20.9 Å². The van der Waals surface area contributed by atoms with E-state index >= 15 is 0 Å². The number of halogens is 1. The van der Waals surface area contributed by atoms with Crippen molar-refractivity contribution in [3.05, 3.63) is 26.9 Å². The van der Waals surface area contributed by atoms with E-state index in [1.807, 2.05) is 4.90 Å². The van der Waals surface area contributed by atoms with E-state index in [1.165, 1.54) is 6.07 Å². The van der Waals surface area contributed by atoms with E-state index < -0.39 is 4.92 Å². The summed E-state index contributed by atoms with van der Waals surface area (Å²) in [6.45, 7) is 2.90. The largest absolute Gasteiger partial charge is 0.378 e. The van der Waals surface area contributed by atoms with Crippen molar-refractivity contribution in [1.29, 1.82) is 0 Å². The molecule has 0 bridgehead atoms. The van der Waals surface area contributed by atoms with Gasteiger partial charge >= 0.3 is 5.69 Å². The SMILES string of the molecule is O=[N+]([O-])c1cc(Br)cnc1N1CCOC2(CCOC2)C1. The standard InChI is InChI=1S/C12H14BrN3O4/c13-9-5-10(16(17)18)11(14-6-9)15-2-4-20-12(7-15)1-3-19-8-12/h5-6H,1-4,7-8H2. The minimum absolute atomic E-state index is 0.00957. The van der Waals surface area contributed by atoms with Gasteiger partial charge in [-0.2, -0.15) is 0 Å². The lowest BCUT2D eigenvalue weighted by molar-refractivity contribution is -0.384. The van der Waals surface area contributed by atoms with Gasteiger partial charge in [-0.05, 0) is 15.9 Å². The van der Waals surface area contributed by atoms with Crippen LogP contribution < -0.4 is 4.90 Å². The highest BCUT2D eigenvalue weighted by Gasteiger charge is 2.42. The topological polar surface area (TPSA) is 77.7 Å². The number of nitrogens with zero attached hydrogens (tertiary/aromatic N) is 3. The third-order valence-corrected chi connectivity index (χ3v) is 4.06. The minimum atomic E-state index is -0.402. The average Bonchev–Trinajstić information content (AvgIpc) is 2.86. The predicted molar refractivity (Wildman–Crippen MR) is 74.9 cm³/mol. The molecule has 0 amide bonds. The molecule has 0 N–H and O–H groups in total. The number of hydrogen-bond donors (Lipinski definition) is 0. The molecule has 20 heavy (non-hydrogen) atoms. The van der Waals surface area contributed by atoms with E-state index in [0.29, 0.717) is 43.2 Å². The third-order valence-electron chi connectivity index (χ3n) is 3.63. The molecule has 3 rings (SSSR count). The Balaban J connectivity index is 1.90. The van der Waals surface area contributed by atoms with Crippen LogP contribution in [0.2, 0.25) is 0 Å². The molecule has 0 radical (unpaired) electrons. The van der Waals surface area contributed by atoms with Gasteiger partial charge in [-0.3, -0.25) is 10.1 Å². The molecule has 2 aliphatic rings. The van der Waals surface area contributed by atoms with Crippen LogP contribution >= 0.6 is 15.9 Å². The van der Waals surface area contributed by atoms with E-state index in [-0.39, 0.29) is 11.3 Å². The molecule has 7 nitrogen and oxygen atoms in total. The molecule has 1 spiro atoms. The number of morpholine rings is 1. The Morgan fingerprint density at radius 3 is 3.05 bits per heavy atom. The molecule has 0 aliphatic carbocycles. The molecule has 108 valence electrons. The van der Waals surface area contributed by atoms with E-state index in [0.717, 1.165) is 6.42 Å². The summed E-state index contributed by atoms with van der Waals surface area (Å²) in [5.74, 6) is 0.396. The molecule has 0 saturated carbocycles. The summed E-state index contributed by atoms with van der Waals surface area (Å²) in [4.78, 5) is 16.9. The van der Waals surface area contributed by atoms with Crippen LogP contribution in [0.5, 0.6) is 0 Å². The second-order valence-electron chi connectivity index (χ2n) is 5.01. The summed E-state index contributed by atoms with van der Waals surface area (Å²) in [5, 5.41) is 11.2. The molecular weight excluding hydrogens is 330 g/mol. The lowest BCUT2D eigenvalue weighted by Crippen LogP contribution is -2.52. The van der Waals surface area contributed by atoms with Crippen LogP contribution in [0.3, 0.4) is 0 Å². The third kappa shape index (κ3) is 2.50. The van der Waals surface area contributed by atoms with Gasteiger partial charge in [0.05, 0.1) is 24.7 Å². The fourth-order valence-corrected chi connectivity index (χ4v) is 2.97. The molecule has 3 heterocycles. The number of rotatable bonds is 2. The van der Waals surface area contributed by atoms with Gasteiger partial charge < -0.3 is 14.4 Å². The van der Waals surface area contributed by atoms with Crippen LogP contribution in [0.4, 0.5) is 11.5 Å². The van der Waals surface area contributed by atoms with Crippen molar-refractivity contribution >= 4 is 27.4 Å². The van der Waals surface area contributed by atoms with Crippen LogP contribution in [0.25, 0.3) is 0 Å². The first-order valence-corrected chi connectivity index (χ1v) is 7.16. The first-order chi connectivity index (χ1) is 9.60. The molecule has 0 aromatic carbocycles.